The molecule has 0 aromatic heterocycles. The molecule has 0 aromatic rings. The van der Waals surface area contributed by atoms with Gasteiger partial charge in [0.1, 0.15) is 6.10 Å². The van der Waals surface area contributed by atoms with E-state index in [1.54, 1.807) is 16.8 Å². The third-order valence-corrected chi connectivity index (χ3v) is 3.30. The zero-order valence-electron chi connectivity index (χ0n) is 10.1. The fourth-order valence-electron chi connectivity index (χ4n) is 2.26. The van der Waals surface area contributed by atoms with E-state index in [0.29, 0.717) is 32.8 Å². The van der Waals surface area contributed by atoms with Crippen molar-refractivity contribution in [1.29, 1.82) is 0 Å². The molecule has 0 aliphatic carbocycles. The number of urea groups is 1. The van der Waals surface area contributed by atoms with Gasteiger partial charge in [-0.15, -0.1) is 0 Å². The van der Waals surface area contributed by atoms with Crippen LogP contribution in [0.15, 0.2) is 0 Å². The summed E-state index contributed by atoms with van der Waals surface area (Å²) in [5.41, 5.74) is 0. The van der Waals surface area contributed by atoms with Crippen LogP contribution in [0.3, 0.4) is 0 Å². The van der Waals surface area contributed by atoms with Crippen molar-refractivity contribution in [2.24, 2.45) is 0 Å². The molecule has 0 unspecified atom stereocenters. The van der Waals surface area contributed by atoms with Crippen LogP contribution in [0, 0.1) is 0 Å². The van der Waals surface area contributed by atoms with E-state index in [9.17, 15) is 9.59 Å². The van der Waals surface area contributed by atoms with Crippen LogP contribution in [0.2, 0.25) is 0 Å². The Kier molecular flexibility index (Phi) is 3.83. The van der Waals surface area contributed by atoms with Crippen molar-refractivity contribution in [1.82, 2.24) is 15.1 Å². The van der Waals surface area contributed by atoms with Crippen LogP contribution in [0.5, 0.6) is 0 Å². The van der Waals surface area contributed by atoms with Gasteiger partial charge in [0, 0.05) is 39.8 Å². The van der Waals surface area contributed by atoms with Gasteiger partial charge in [-0.3, -0.25) is 4.79 Å². The van der Waals surface area contributed by atoms with Crippen molar-refractivity contribution < 1.29 is 14.3 Å². The highest BCUT2D eigenvalue weighted by atomic mass is 16.5. The molecule has 0 radical (unpaired) electrons. The Morgan fingerprint density at radius 2 is 1.82 bits per heavy atom. The first-order valence-corrected chi connectivity index (χ1v) is 6.09. The highest BCUT2D eigenvalue weighted by molar-refractivity contribution is 5.81. The summed E-state index contributed by atoms with van der Waals surface area (Å²) < 4.78 is 5.38. The van der Waals surface area contributed by atoms with Gasteiger partial charge in [0.05, 0.1) is 0 Å². The fourth-order valence-corrected chi connectivity index (χ4v) is 2.26. The van der Waals surface area contributed by atoms with Gasteiger partial charge < -0.3 is 19.9 Å². The number of hydrogen-bond acceptors (Lipinski definition) is 3. The molecule has 2 heterocycles. The van der Waals surface area contributed by atoms with E-state index in [-0.39, 0.29) is 18.0 Å². The largest absolute Gasteiger partial charge is 0.368 e. The van der Waals surface area contributed by atoms with E-state index >= 15 is 0 Å². The minimum absolute atomic E-state index is 0.0748. The SMILES string of the molecule is CNC(=O)N1CCN(C(=O)[C@H]2CCCO2)CC1. The first-order chi connectivity index (χ1) is 8.22. The lowest BCUT2D eigenvalue weighted by Crippen LogP contribution is -2.54. The van der Waals surface area contributed by atoms with E-state index in [4.69, 9.17) is 4.74 Å². The molecule has 2 aliphatic heterocycles. The lowest BCUT2D eigenvalue weighted by atomic mass is 10.2. The third-order valence-electron chi connectivity index (χ3n) is 3.30. The summed E-state index contributed by atoms with van der Waals surface area (Å²) in [6, 6.07) is -0.0748. The number of carbonyl (C=O) groups is 2. The highest BCUT2D eigenvalue weighted by Crippen LogP contribution is 2.15. The van der Waals surface area contributed by atoms with Crippen molar-refractivity contribution in [3.05, 3.63) is 0 Å². The smallest absolute Gasteiger partial charge is 0.317 e. The average Bonchev–Trinajstić information content (AvgIpc) is 2.91. The predicted molar refractivity (Wildman–Crippen MR) is 61.6 cm³/mol. The molecule has 0 bridgehead atoms. The Hall–Kier alpha value is -1.30. The van der Waals surface area contributed by atoms with Crippen molar-refractivity contribution in [3.8, 4) is 0 Å². The number of rotatable bonds is 1. The van der Waals surface area contributed by atoms with Gasteiger partial charge in [-0.05, 0) is 12.8 Å². The van der Waals surface area contributed by atoms with Gasteiger partial charge in [-0.1, -0.05) is 0 Å². The van der Waals surface area contributed by atoms with Gasteiger partial charge in [0.15, 0.2) is 0 Å². The minimum atomic E-state index is -0.249. The van der Waals surface area contributed by atoms with E-state index in [1.165, 1.54) is 0 Å². The molecular weight excluding hydrogens is 222 g/mol. The minimum Gasteiger partial charge on any atom is -0.368 e. The van der Waals surface area contributed by atoms with E-state index in [1.807, 2.05) is 0 Å². The number of nitrogens with one attached hydrogen (secondary N) is 1. The molecule has 0 saturated carbocycles. The zero-order chi connectivity index (χ0) is 12.3. The van der Waals surface area contributed by atoms with Crippen LogP contribution >= 0.6 is 0 Å². The van der Waals surface area contributed by atoms with Gasteiger partial charge in [-0.2, -0.15) is 0 Å². The molecule has 17 heavy (non-hydrogen) atoms. The average molecular weight is 241 g/mol. The van der Waals surface area contributed by atoms with Crippen molar-refractivity contribution in [2.45, 2.75) is 18.9 Å². The summed E-state index contributed by atoms with van der Waals surface area (Å²) in [6.45, 7) is 3.09. The Morgan fingerprint density at radius 3 is 2.35 bits per heavy atom. The Bertz CT molecular complexity index is 294. The van der Waals surface area contributed by atoms with Crippen LogP contribution in [0.4, 0.5) is 4.79 Å². The molecule has 0 spiro atoms. The molecule has 2 saturated heterocycles. The highest BCUT2D eigenvalue weighted by Gasteiger charge is 2.30. The van der Waals surface area contributed by atoms with Crippen molar-refractivity contribution in [3.63, 3.8) is 0 Å². The normalized spacial score (nSPS) is 24.9. The van der Waals surface area contributed by atoms with Crippen LogP contribution in [0.25, 0.3) is 0 Å². The third kappa shape index (κ3) is 2.69. The molecular formula is C11H19N3O3. The standard InChI is InChI=1S/C11H19N3O3/c1-12-11(16)14-6-4-13(5-7-14)10(15)9-3-2-8-17-9/h9H,2-8H2,1H3,(H,12,16)/t9-/m1/s1. The maximum atomic E-state index is 12.0. The molecule has 2 fully saturated rings. The molecule has 2 rings (SSSR count). The lowest BCUT2D eigenvalue weighted by molar-refractivity contribution is -0.142. The zero-order valence-corrected chi connectivity index (χ0v) is 10.1. The second kappa shape index (κ2) is 5.35. The van der Waals surface area contributed by atoms with Crippen LogP contribution in [-0.4, -0.2) is 67.7 Å². The summed E-state index contributed by atoms with van der Waals surface area (Å²) in [5.74, 6) is 0.0825. The summed E-state index contributed by atoms with van der Waals surface area (Å²) >= 11 is 0. The maximum Gasteiger partial charge on any atom is 0.317 e. The first kappa shape index (κ1) is 12.2. The maximum absolute atomic E-state index is 12.0. The van der Waals surface area contributed by atoms with Gasteiger partial charge in [-0.25, -0.2) is 4.79 Å². The molecule has 0 aromatic carbocycles. The summed E-state index contributed by atoms with van der Waals surface area (Å²) in [4.78, 5) is 26.9. The van der Waals surface area contributed by atoms with E-state index < -0.39 is 0 Å². The molecule has 6 nitrogen and oxygen atoms in total. The molecule has 6 heteroatoms. The predicted octanol–water partition coefficient (Wildman–Crippen LogP) is -0.351. The molecule has 1 atom stereocenters. The quantitative estimate of drug-likeness (QED) is 0.682. The second-order valence-electron chi connectivity index (χ2n) is 4.37. The van der Waals surface area contributed by atoms with Gasteiger partial charge in [0.2, 0.25) is 0 Å². The molecule has 1 N–H and O–H groups in total. The summed E-state index contributed by atoms with van der Waals surface area (Å²) in [7, 11) is 1.62. The molecule has 96 valence electrons. The summed E-state index contributed by atoms with van der Waals surface area (Å²) in [6.07, 6.45) is 1.55. The Morgan fingerprint density at radius 1 is 1.18 bits per heavy atom. The van der Waals surface area contributed by atoms with E-state index in [0.717, 1.165) is 12.8 Å². The van der Waals surface area contributed by atoms with Crippen LogP contribution < -0.4 is 5.32 Å². The van der Waals surface area contributed by atoms with Crippen LogP contribution in [0.1, 0.15) is 12.8 Å². The van der Waals surface area contributed by atoms with Gasteiger partial charge in [0.25, 0.3) is 5.91 Å². The lowest BCUT2D eigenvalue weighted by Gasteiger charge is -2.35. The topological polar surface area (TPSA) is 61.9 Å². The fraction of sp³-hybridized carbons (Fsp3) is 0.818. The second-order valence-corrected chi connectivity index (χ2v) is 4.37. The number of ether oxygens (including phenoxy) is 1. The monoisotopic (exact) mass is 241 g/mol. The first-order valence-electron chi connectivity index (χ1n) is 6.09. The van der Waals surface area contributed by atoms with Crippen LogP contribution in [-0.2, 0) is 9.53 Å². The molecule has 2 aliphatic rings. The Balaban J connectivity index is 1.82. The summed E-state index contributed by atoms with van der Waals surface area (Å²) in [5, 5.41) is 2.59. The number of carbonyl (C=O) groups excluding carboxylic acids is 2. The molecule has 3 amide bonds. The number of piperazine rings is 1. The number of hydrogen-bond donors (Lipinski definition) is 1. The number of amides is 3. The number of nitrogens with zero attached hydrogens (tertiary/aromatic N) is 2. The Labute approximate surface area is 101 Å². The van der Waals surface area contributed by atoms with Crippen molar-refractivity contribution >= 4 is 11.9 Å². The van der Waals surface area contributed by atoms with Gasteiger partial charge >= 0.3 is 6.03 Å². The van der Waals surface area contributed by atoms with Crippen molar-refractivity contribution in [2.75, 3.05) is 39.8 Å². The van der Waals surface area contributed by atoms with E-state index in [2.05, 4.69) is 5.32 Å².